The summed E-state index contributed by atoms with van der Waals surface area (Å²) >= 11 is 5.14. The molecule has 1 fully saturated rings. The molecule has 1 saturated heterocycles. The quantitative estimate of drug-likeness (QED) is 0.552. The summed E-state index contributed by atoms with van der Waals surface area (Å²) in [5, 5.41) is 0. The maximum absolute atomic E-state index is 10.9. The first-order valence-corrected chi connectivity index (χ1v) is 3.44. The molecule has 0 aromatic heterocycles. The lowest BCUT2D eigenvalue weighted by atomic mass is 10.5. The van der Waals surface area contributed by atoms with E-state index in [1.807, 2.05) is 0 Å². The molecular weight excluding hydrogens is 170 g/mol. The van der Waals surface area contributed by atoms with Crippen LogP contribution < -0.4 is 0 Å². The zero-order valence-corrected chi connectivity index (χ0v) is 6.37. The van der Waals surface area contributed by atoms with Gasteiger partial charge in [-0.1, -0.05) is 11.6 Å². The monoisotopic (exact) mass is 175 g/mol. The highest BCUT2D eigenvalue weighted by Crippen LogP contribution is 2.03. The summed E-state index contributed by atoms with van der Waals surface area (Å²) in [7, 11) is 0. The maximum Gasteiger partial charge on any atom is 0.416 e. The van der Waals surface area contributed by atoms with E-state index in [0.29, 0.717) is 6.54 Å². The molecule has 60 valence electrons. The molecule has 4 nitrogen and oxygen atoms in total. The van der Waals surface area contributed by atoms with Gasteiger partial charge in [0.1, 0.15) is 6.61 Å². The van der Waals surface area contributed by atoms with Gasteiger partial charge in [0.2, 0.25) is 0 Å². The Bertz CT molecular complexity index is 214. The van der Waals surface area contributed by atoms with Crippen LogP contribution in [0.2, 0.25) is 0 Å². The van der Waals surface area contributed by atoms with Crippen molar-refractivity contribution in [1.29, 1.82) is 0 Å². The first-order valence-electron chi connectivity index (χ1n) is 3.00. The second kappa shape index (κ2) is 3.39. The van der Waals surface area contributed by atoms with Crippen molar-refractivity contribution in [3.05, 3.63) is 11.6 Å². The number of cyclic esters (lactones) is 1. The van der Waals surface area contributed by atoms with E-state index in [9.17, 15) is 9.59 Å². The molecule has 0 unspecified atom stereocenters. The molecule has 0 atom stereocenters. The van der Waals surface area contributed by atoms with E-state index in [2.05, 4.69) is 4.74 Å². The summed E-state index contributed by atoms with van der Waals surface area (Å²) in [6, 6.07) is 0. The van der Waals surface area contributed by atoms with Crippen LogP contribution in [0, 0.1) is 0 Å². The third-order valence-corrected chi connectivity index (χ3v) is 1.36. The van der Waals surface area contributed by atoms with Crippen LogP contribution in [0.4, 0.5) is 4.79 Å². The smallest absolute Gasteiger partial charge is 0.416 e. The molecule has 1 aliphatic heterocycles. The Labute approximate surface area is 68.4 Å². The fourth-order valence-electron chi connectivity index (χ4n) is 0.737. The van der Waals surface area contributed by atoms with Crippen LogP contribution in [0.3, 0.4) is 0 Å². The Hall–Kier alpha value is -1.03. The Kier molecular flexibility index (Phi) is 2.48. The minimum atomic E-state index is -0.607. The molecule has 0 aromatic carbocycles. The molecule has 5 heteroatoms. The van der Waals surface area contributed by atoms with Gasteiger partial charge in [0.05, 0.1) is 6.54 Å². The van der Waals surface area contributed by atoms with E-state index in [0.717, 1.165) is 16.5 Å². The number of hydrogen-bond acceptors (Lipinski definition) is 3. The number of imide groups is 1. The van der Waals surface area contributed by atoms with Gasteiger partial charge in [0, 0.05) is 11.6 Å². The predicted molar refractivity (Wildman–Crippen MR) is 38.1 cm³/mol. The fourth-order valence-corrected chi connectivity index (χ4v) is 0.845. The van der Waals surface area contributed by atoms with E-state index < -0.39 is 12.0 Å². The number of nitrogens with zero attached hydrogens (tertiary/aromatic N) is 1. The Morgan fingerprint density at radius 1 is 1.73 bits per heavy atom. The average molecular weight is 176 g/mol. The summed E-state index contributed by atoms with van der Waals surface area (Å²) in [4.78, 5) is 22.6. The standard InChI is InChI=1S/C6H6ClNO3/c7-2-1-5(9)8-3-4-11-6(8)10/h1-2H,3-4H2/b2-1+. The molecule has 0 N–H and O–H groups in total. The molecule has 0 saturated carbocycles. The minimum Gasteiger partial charge on any atom is -0.447 e. The van der Waals surface area contributed by atoms with Crippen LogP contribution in [0.15, 0.2) is 11.6 Å². The molecule has 1 heterocycles. The topological polar surface area (TPSA) is 46.6 Å². The number of amides is 2. The Balaban J connectivity index is 2.59. The van der Waals surface area contributed by atoms with E-state index in [1.165, 1.54) is 0 Å². The normalized spacial score (nSPS) is 17.5. The number of carbonyl (C=O) groups is 2. The number of hydrogen-bond donors (Lipinski definition) is 0. The predicted octanol–water partition coefficient (Wildman–Crippen LogP) is 0.718. The van der Waals surface area contributed by atoms with Crippen molar-refractivity contribution in [3.8, 4) is 0 Å². The van der Waals surface area contributed by atoms with Crippen molar-refractivity contribution in [3.63, 3.8) is 0 Å². The van der Waals surface area contributed by atoms with E-state index in [-0.39, 0.29) is 6.61 Å². The van der Waals surface area contributed by atoms with Crippen molar-refractivity contribution in [1.82, 2.24) is 4.90 Å². The lowest BCUT2D eigenvalue weighted by molar-refractivity contribution is -0.122. The van der Waals surface area contributed by atoms with Gasteiger partial charge in [-0.25, -0.2) is 9.69 Å². The number of carbonyl (C=O) groups excluding carboxylic acids is 2. The third kappa shape index (κ3) is 1.71. The Morgan fingerprint density at radius 2 is 2.45 bits per heavy atom. The first-order chi connectivity index (χ1) is 5.25. The zero-order valence-electron chi connectivity index (χ0n) is 5.62. The highest BCUT2D eigenvalue weighted by atomic mass is 35.5. The van der Waals surface area contributed by atoms with Crippen LogP contribution in [0.1, 0.15) is 0 Å². The summed E-state index contributed by atoms with van der Waals surface area (Å²) in [5.74, 6) is -0.442. The number of halogens is 1. The zero-order chi connectivity index (χ0) is 8.27. The van der Waals surface area contributed by atoms with Crippen molar-refractivity contribution in [2.45, 2.75) is 0 Å². The van der Waals surface area contributed by atoms with Gasteiger partial charge in [-0.2, -0.15) is 0 Å². The SMILES string of the molecule is O=C(/C=C/Cl)N1CCOC1=O. The summed E-state index contributed by atoms with van der Waals surface area (Å²) in [5.41, 5.74) is 1.06. The van der Waals surface area contributed by atoms with Gasteiger partial charge in [0.25, 0.3) is 5.91 Å². The van der Waals surface area contributed by atoms with Crippen molar-refractivity contribution in [2.24, 2.45) is 0 Å². The highest BCUT2D eigenvalue weighted by Gasteiger charge is 2.26. The van der Waals surface area contributed by atoms with Gasteiger partial charge < -0.3 is 4.74 Å². The minimum absolute atomic E-state index is 0.265. The van der Waals surface area contributed by atoms with Crippen molar-refractivity contribution < 1.29 is 14.3 Å². The fraction of sp³-hybridized carbons (Fsp3) is 0.333. The van der Waals surface area contributed by atoms with Crippen LogP contribution in [0.25, 0.3) is 0 Å². The van der Waals surface area contributed by atoms with Crippen LogP contribution in [-0.2, 0) is 9.53 Å². The Morgan fingerprint density at radius 3 is 2.91 bits per heavy atom. The second-order valence-electron chi connectivity index (χ2n) is 1.90. The van der Waals surface area contributed by atoms with E-state index in [4.69, 9.17) is 11.6 Å². The average Bonchev–Trinajstić information content (AvgIpc) is 2.36. The lowest BCUT2D eigenvalue weighted by Gasteiger charge is -2.05. The summed E-state index contributed by atoms with van der Waals surface area (Å²) in [6.07, 6.45) is 0.499. The molecule has 0 aromatic rings. The molecule has 1 aliphatic rings. The molecular formula is C6H6ClNO3. The second-order valence-corrected chi connectivity index (χ2v) is 2.15. The molecule has 11 heavy (non-hydrogen) atoms. The summed E-state index contributed by atoms with van der Waals surface area (Å²) < 4.78 is 4.52. The van der Waals surface area contributed by atoms with Crippen LogP contribution >= 0.6 is 11.6 Å². The van der Waals surface area contributed by atoms with E-state index in [1.54, 1.807) is 0 Å². The van der Waals surface area contributed by atoms with Gasteiger partial charge >= 0.3 is 6.09 Å². The number of rotatable bonds is 1. The molecule has 1 rings (SSSR count). The maximum atomic E-state index is 10.9. The molecule has 0 spiro atoms. The van der Waals surface area contributed by atoms with Crippen LogP contribution in [-0.4, -0.2) is 30.1 Å². The largest absolute Gasteiger partial charge is 0.447 e. The van der Waals surface area contributed by atoms with Gasteiger partial charge in [-0.3, -0.25) is 4.79 Å². The van der Waals surface area contributed by atoms with Crippen molar-refractivity contribution in [2.75, 3.05) is 13.2 Å². The molecule has 2 amide bonds. The van der Waals surface area contributed by atoms with Gasteiger partial charge in [-0.15, -0.1) is 0 Å². The van der Waals surface area contributed by atoms with Crippen LogP contribution in [0.5, 0.6) is 0 Å². The third-order valence-electron chi connectivity index (χ3n) is 1.23. The van der Waals surface area contributed by atoms with E-state index >= 15 is 0 Å². The number of ether oxygens (including phenoxy) is 1. The molecule has 0 aliphatic carbocycles. The molecule has 0 bridgehead atoms. The summed E-state index contributed by atoms with van der Waals surface area (Å²) in [6.45, 7) is 0.569. The van der Waals surface area contributed by atoms with Gasteiger partial charge in [-0.05, 0) is 0 Å². The lowest BCUT2D eigenvalue weighted by Crippen LogP contribution is -2.29. The first kappa shape index (κ1) is 8.07. The van der Waals surface area contributed by atoms with Crippen molar-refractivity contribution >= 4 is 23.6 Å². The molecule has 0 radical (unpaired) electrons. The highest BCUT2D eigenvalue weighted by molar-refractivity contribution is 6.27. The van der Waals surface area contributed by atoms with Gasteiger partial charge in [0.15, 0.2) is 0 Å².